The summed E-state index contributed by atoms with van der Waals surface area (Å²) >= 11 is 0. The van der Waals surface area contributed by atoms with Gasteiger partial charge in [-0.3, -0.25) is 9.32 Å². The third-order valence-corrected chi connectivity index (χ3v) is 4.85. The summed E-state index contributed by atoms with van der Waals surface area (Å²) in [6.07, 6.45) is 9.84. The minimum absolute atomic E-state index is 0.0334. The first-order valence-corrected chi connectivity index (χ1v) is 11.0. The van der Waals surface area contributed by atoms with Crippen molar-refractivity contribution < 1.29 is 23.4 Å². The highest BCUT2D eigenvalue weighted by atomic mass is 31.2. The molecule has 0 aliphatic rings. The molecule has 0 heterocycles. The Balaban J connectivity index is 2.04. The van der Waals surface area contributed by atoms with Crippen LogP contribution in [0.4, 0.5) is 0 Å². The number of amides is 1. The second-order valence-electron chi connectivity index (χ2n) is 6.38. The number of benzene rings is 1. The van der Waals surface area contributed by atoms with Gasteiger partial charge in [-0.05, 0) is 18.4 Å². The predicted molar refractivity (Wildman–Crippen MR) is 102 cm³/mol. The summed E-state index contributed by atoms with van der Waals surface area (Å²) in [5, 5.41) is 0. The molecule has 1 rings (SSSR count). The largest absolute Gasteiger partial charge is 0.493 e. The summed E-state index contributed by atoms with van der Waals surface area (Å²) in [4.78, 5) is 21.2. The minimum atomic E-state index is -4.28. The topological polar surface area (TPSA) is 84.9 Å². The molecule has 0 aliphatic carbocycles. The van der Waals surface area contributed by atoms with E-state index in [1.54, 1.807) is 0 Å². The van der Waals surface area contributed by atoms with E-state index in [0.29, 0.717) is 6.42 Å². The monoisotopic (exact) mass is 385 g/mol. The van der Waals surface area contributed by atoms with Gasteiger partial charge in [0.05, 0.1) is 6.61 Å². The average Bonchev–Trinajstić information content (AvgIpc) is 2.63. The van der Waals surface area contributed by atoms with Crippen molar-refractivity contribution in [3.8, 4) is 0 Å². The van der Waals surface area contributed by atoms with Crippen LogP contribution in [0.1, 0.15) is 70.3 Å². The molecule has 1 amide bonds. The molecule has 0 spiro atoms. The summed E-state index contributed by atoms with van der Waals surface area (Å²) in [5.41, 5.74) is 3.01. The normalized spacial score (nSPS) is 13.3. The fourth-order valence-corrected chi connectivity index (χ4v) is 3.12. The third kappa shape index (κ3) is 12.2. The Morgan fingerprint density at radius 3 is 2.31 bits per heavy atom. The van der Waals surface area contributed by atoms with Crippen LogP contribution in [0.2, 0.25) is 0 Å². The minimum Gasteiger partial charge on any atom is -0.301 e. The van der Waals surface area contributed by atoms with E-state index in [1.807, 2.05) is 35.8 Å². The predicted octanol–water partition coefficient (Wildman–Crippen LogP) is 4.92. The number of hydrogen-bond donors (Lipinski definition) is 2. The molecule has 0 aliphatic heterocycles. The zero-order chi connectivity index (χ0) is 19.1. The Morgan fingerprint density at radius 1 is 1.04 bits per heavy atom. The van der Waals surface area contributed by atoms with Crippen LogP contribution in [-0.4, -0.2) is 17.4 Å². The molecule has 26 heavy (non-hydrogen) atoms. The molecular weight excluding hydrogens is 353 g/mol. The van der Waals surface area contributed by atoms with Gasteiger partial charge in [-0.15, -0.1) is 0 Å². The van der Waals surface area contributed by atoms with Crippen molar-refractivity contribution >= 4 is 13.7 Å². The SMILES string of the molecule is CCCCCCCCCCC(=O)NOP(=O)(O)OCCc1ccccc1. The number of nitrogens with one attached hydrogen (secondary N) is 1. The lowest BCUT2D eigenvalue weighted by Crippen LogP contribution is -2.22. The highest BCUT2D eigenvalue weighted by molar-refractivity contribution is 7.47. The number of hydroxylamine groups is 1. The van der Waals surface area contributed by atoms with Crippen molar-refractivity contribution in [2.45, 2.75) is 71.1 Å². The van der Waals surface area contributed by atoms with E-state index in [9.17, 15) is 14.3 Å². The van der Waals surface area contributed by atoms with Crippen LogP contribution in [0.25, 0.3) is 0 Å². The van der Waals surface area contributed by atoms with Gasteiger partial charge in [-0.1, -0.05) is 82.2 Å². The molecule has 0 saturated carbocycles. The number of carbonyl (C=O) groups excluding carboxylic acids is 1. The summed E-state index contributed by atoms with van der Waals surface area (Å²) in [7, 11) is -4.28. The average molecular weight is 385 g/mol. The first-order chi connectivity index (χ1) is 12.5. The fourth-order valence-electron chi connectivity index (χ4n) is 2.53. The summed E-state index contributed by atoms with van der Waals surface area (Å²) in [5.74, 6) is -0.406. The van der Waals surface area contributed by atoms with Crippen molar-refractivity contribution in [3.63, 3.8) is 0 Å². The Morgan fingerprint density at radius 2 is 1.65 bits per heavy atom. The van der Waals surface area contributed by atoms with Gasteiger partial charge in [0.15, 0.2) is 0 Å². The highest BCUT2D eigenvalue weighted by Crippen LogP contribution is 2.41. The van der Waals surface area contributed by atoms with Crippen LogP contribution in [0, 0.1) is 0 Å². The lowest BCUT2D eigenvalue weighted by Gasteiger charge is -2.12. The molecule has 2 N–H and O–H groups in total. The van der Waals surface area contributed by atoms with Crippen LogP contribution in [0.3, 0.4) is 0 Å². The Labute approximate surface area is 156 Å². The van der Waals surface area contributed by atoms with E-state index >= 15 is 0 Å². The fraction of sp³-hybridized carbons (Fsp3) is 0.632. The van der Waals surface area contributed by atoms with Gasteiger partial charge in [-0.25, -0.2) is 10.0 Å². The molecule has 0 bridgehead atoms. The molecule has 0 radical (unpaired) electrons. The Kier molecular flexibility index (Phi) is 12.2. The quantitative estimate of drug-likeness (QED) is 0.254. The molecule has 148 valence electrons. The van der Waals surface area contributed by atoms with E-state index in [-0.39, 0.29) is 13.0 Å². The molecule has 6 nitrogen and oxygen atoms in total. The maximum atomic E-state index is 11.7. The zero-order valence-electron chi connectivity index (χ0n) is 15.7. The van der Waals surface area contributed by atoms with Crippen molar-refractivity contribution in [1.29, 1.82) is 0 Å². The van der Waals surface area contributed by atoms with Crippen LogP contribution >= 0.6 is 7.82 Å². The van der Waals surface area contributed by atoms with Crippen molar-refractivity contribution in [1.82, 2.24) is 5.48 Å². The lowest BCUT2D eigenvalue weighted by molar-refractivity contribution is -0.128. The Bertz CT molecular complexity index is 538. The molecule has 1 aromatic carbocycles. The van der Waals surface area contributed by atoms with E-state index < -0.39 is 13.7 Å². The molecular formula is C19H32NO5P. The number of unbranched alkanes of at least 4 members (excludes halogenated alkanes) is 7. The third-order valence-electron chi connectivity index (χ3n) is 4.02. The molecule has 0 saturated heterocycles. The number of phosphoric ester groups is 1. The second-order valence-corrected chi connectivity index (χ2v) is 7.76. The van der Waals surface area contributed by atoms with Gasteiger partial charge in [0.25, 0.3) is 0 Å². The number of carbonyl (C=O) groups is 1. The van der Waals surface area contributed by atoms with Gasteiger partial charge in [0.1, 0.15) is 0 Å². The zero-order valence-corrected chi connectivity index (χ0v) is 16.6. The number of rotatable bonds is 15. The molecule has 1 aromatic rings. The van der Waals surface area contributed by atoms with E-state index in [1.165, 1.54) is 32.1 Å². The summed E-state index contributed by atoms with van der Waals surface area (Å²) in [6.45, 7) is 2.23. The molecule has 1 unspecified atom stereocenters. The maximum absolute atomic E-state index is 11.7. The first kappa shape index (κ1) is 22.8. The molecule has 7 heteroatoms. The van der Waals surface area contributed by atoms with Gasteiger partial charge in [-0.2, -0.15) is 4.62 Å². The van der Waals surface area contributed by atoms with Gasteiger partial charge in [0, 0.05) is 6.42 Å². The van der Waals surface area contributed by atoms with Crippen LogP contribution in [-0.2, 0) is 24.9 Å². The molecule has 0 fully saturated rings. The van der Waals surface area contributed by atoms with Gasteiger partial charge < -0.3 is 4.89 Å². The summed E-state index contributed by atoms with van der Waals surface area (Å²) < 4.78 is 21.1. The van der Waals surface area contributed by atoms with Gasteiger partial charge in [0.2, 0.25) is 5.91 Å². The molecule has 1 atom stereocenters. The standard InChI is InChI=1S/C19H32NO5P/c1-2-3-4-5-6-7-8-12-15-19(21)20-25-26(22,23)24-17-16-18-13-10-9-11-14-18/h9-11,13-14H,2-8,12,15-17H2,1H3,(H,20,21)(H,22,23). The van der Waals surface area contributed by atoms with Crippen molar-refractivity contribution in [2.75, 3.05) is 6.61 Å². The lowest BCUT2D eigenvalue weighted by atomic mass is 10.1. The molecule has 0 aromatic heterocycles. The smallest absolute Gasteiger partial charge is 0.301 e. The van der Waals surface area contributed by atoms with Gasteiger partial charge >= 0.3 is 7.82 Å². The summed E-state index contributed by atoms with van der Waals surface area (Å²) in [6, 6.07) is 9.47. The second kappa shape index (κ2) is 13.9. The van der Waals surface area contributed by atoms with E-state index in [0.717, 1.165) is 24.8 Å². The Hall–Kier alpha value is -1.20. The maximum Gasteiger partial charge on any atom is 0.493 e. The van der Waals surface area contributed by atoms with Crippen LogP contribution < -0.4 is 5.48 Å². The number of phosphoric acid groups is 1. The highest BCUT2D eigenvalue weighted by Gasteiger charge is 2.22. The number of hydrogen-bond acceptors (Lipinski definition) is 4. The van der Waals surface area contributed by atoms with Crippen molar-refractivity contribution in [3.05, 3.63) is 35.9 Å². The van der Waals surface area contributed by atoms with E-state index in [2.05, 4.69) is 11.5 Å². The van der Waals surface area contributed by atoms with Crippen molar-refractivity contribution in [2.24, 2.45) is 0 Å². The first-order valence-electron chi connectivity index (χ1n) is 9.52. The van der Waals surface area contributed by atoms with E-state index in [4.69, 9.17) is 4.52 Å². The van der Waals surface area contributed by atoms with Crippen LogP contribution in [0.15, 0.2) is 30.3 Å². The van der Waals surface area contributed by atoms with Crippen LogP contribution in [0.5, 0.6) is 0 Å².